The van der Waals surface area contributed by atoms with Crippen LogP contribution in [-0.2, 0) is 68.7 Å². The summed E-state index contributed by atoms with van der Waals surface area (Å²) in [7, 11) is 0. The summed E-state index contributed by atoms with van der Waals surface area (Å²) in [6.07, 6.45) is -3.15. The van der Waals surface area contributed by atoms with Gasteiger partial charge in [0.05, 0.1) is 12.6 Å². The van der Waals surface area contributed by atoms with Gasteiger partial charge in [-0.2, -0.15) is 0 Å². The third-order valence-electron chi connectivity index (χ3n) is 18.1. The molecule has 54 N–H and O–H groups in total. The Balaban J connectivity index is 4.08. The number of amides is 13. The van der Waals surface area contributed by atoms with E-state index >= 15 is 9.59 Å². The van der Waals surface area contributed by atoms with Gasteiger partial charge in [0, 0.05) is 65.3 Å². The molecule has 11 atom stereocenters. The molecular weight excluding hydrogens is 1640 g/mol. The summed E-state index contributed by atoms with van der Waals surface area (Å²) in [5, 5.41) is 130. The Morgan fingerprint density at radius 3 is 0.656 bits per heavy atom. The van der Waals surface area contributed by atoms with Gasteiger partial charge >= 0.3 is 0 Å². The molecule has 0 spiro atoms. The summed E-state index contributed by atoms with van der Waals surface area (Å²) >= 11 is 0. The molecular formula is C70H131N41O14. The summed E-state index contributed by atoms with van der Waals surface area (Å²) < 4.78 is 0. The number of primary amides is 2. The first-order valence-electron chi connectivity index (χ1n) is 40.1. The molecule has 125 heavy (non-hydrogen) atoms. The third kappa shape index (κ3) is 51.7. The largest absolute Gasteiger partial charge is 0.508 e. The van der Waals surface area contributed by atoms with E-state index in [2.05, 4.69) is 106 Å². The first-order valence-corrected chi connectivity index (χ1v) is 40.1. The molecule has 0 fully saturated rings. The number of aromatic hydroxyl groups is 1. The second kappa shape index (κ2) is 60.9. The van der Waals surface area contributed by atoms with Crippen LogP contribution in [0.2, 0.25) is 0 Å². The lowest BCUT2D eigenvalue weighted by atomic mass is 10.0. The molecule has 0 radical (unpaired) electrons. The van der Waals surface area contributed by atoms with Gasteiger partial charge in [0.15, 0.2) is 53.6 Å². The van der Waals surface area contributed by atoms with E-state index in [9.17, 15) is 57.8 Å². The number of rotatable bonds is 64. The predicted octanol–water partition coefficient (Wildman–Crippen LogP) is -13.7. The molecule has 13 amide bonds. The average Bonchev–Trinajstić information content (AvgIpc) is 0.855. The lowest BCUT2D eigenvalue weighted by molar-refractivity contribution is -0.136. The van der Waals surface area contributed by atoms with E-state index in [-0.39, 0.29) is 193 Å². The topological polar surface area (TPSA) is 1010 Å². The Labute approximate surface area is 721 Å². The average molecular weight is 1770 g/mol. The normalized spacial score (nSPS) is 13.3. The van der Waals surface area contributed by atoms with Crippen LogP contribution in [0.5, 0.6) is 5.75 Å². The highest BCUT2D eigenvalue weighted by Gasteiger charge is 2.37. The molecule has 1 rings (SSSR count). The molecule has 0 aromatic heterocycles. The fourth-order valence-corrected chi connectivity index (χ4v) is 11.7. The Morgan fingerprint density at radius 1 is 0.264 bits per heavy atom. The van der Waals surface area contributed by atoms with Crippen molar-refractivity contribution in [1.29, 1.82) is 48.7 Å². The van der Waals surface area contributed by atoms with Gasteiger partial charge in [0.2, 0.25) is 76.8 Å². The van der Waals surface area contributed by atoms with Crippen LogP contribution in [0, 0.1) is 48.7 Å². The van der Waals surface area contributed by atoms with Gasteiger partial charge in [-0.1, -0.05) is 12.1 Å². The monoisotopic (exact) mass is 1770 g/mol. The van der Waals surface area contributed by atoms with Crippen LogP contribution >= 0.6 is 0 Å². The number of phenols is 1. The van der Waals surface area contributed by atoms with Crippen LogP contribution in [0.15, 0.2) is 24.3 Å². The highest BCUT2D eigenvalue weighted by molar-refractivity contribution is 6.00. The maximum Gasteiger partial charge on any atom is 0.243 e. The molecule has 55 heteroatoms. The Morgan fingerprint density at radius 2 is 0.456 bits per heavy atom. The number of phenolic OH excluding ortho intramolecular Hbond substituents is 1. The number of guanidine groups is 9. The lowest BCUT2D eigenvalue weighted by Gasteiger charge is -2.29. The van der Waals surface area contributed by atoms with Crippen LogP contribution in [-0.4, -0.2) is 267 Å². The van der Waals surface area contributed by atoms with Crippen molar-refractivity contribution in [1.82, 2.24) is 106 Å². The Hall–Kier alpha value is -14.5. The van der Waals surface area contributed by atoms with Crippen LogP contribution in [0.1, 0.15) is 134 Å². The van der Waals surface area contributed by atoms with E-state index in [0.717, 1.165) is 0 Å². The molecule has 0 aliphatic heterocycles. The minimum Gasteiger partial charge on any atom is -0.508 e. The van der Waals surface area contributed by atoms with E-state index in [1.54, 1.807) is 12.1 Å². The molecule has 55 nitrogen and oxygen atoms in total. The zero-order chi connectivity index (χ0) is 94.1. The molecule has 0 unspecified atom stereocenters. The molecule has 700 valence electrons. The van der Waals surface area contributed by atoms with Crippen molar-refractivity contribution >= 4 is 130 Å². The van der Waals surface area contributed by atoms with Crippen molar-refractivity contribution in [3.63, 3.8) is 0 Å². The van der Waals surface area contributed by atoms with Crippen molar-refractivity contribution in [2.75, 3.05) is 65.4 Å². The second-order valence-electron chi connectivity index (χ2n) is 28.6. The number of hydrogen-bond acceptors (Lipinski definition) is 24. The van der Waals surface area contributed by atoms with Crippen molar-refractivity contribution in [3.8, 4) is 5.75 Å². The SMILES string of the molecule is N=C(N)NCCC[C@H](NC(=O)[C@H](CCCNC(=N)N)NC(=O)[C@H](CCCNC(=N)N)NC(=O)[C@H](CCC(N)=O)NC(=O)[C@H](CCCNC(=N)N)NC(=O)[C@H](CCCNC(=N)N)NC(=O)[C@H](CCCNC(=N)N)NC(=O)[C@H](CCCNC(=N)N)NC(=O)[C@H](CCCNC(=N)N)NC(=O)[C@H](CCCNC(=N)N)NC(=O)CNC(=O)[C@@H](N)Cc1ccc(O)cc1)C(N)=O. The number of carbonyl (C=O) groups excluding carboxylic acids is 13. The van der Waals surface area contributed by atoms with Crippen molar-refractivity contribution in [3.05, 3.63) is 29.8 Å². The van der Waals surface area contributed by atoms with E-state index in [1.807, 2.05) is 0 Å². The van der Waals surface area contributed by atoms with Gasteiger partial charge in [-0.25, -0.2) is 0 Å². The standard InChI is InChI=1S/C70H131N41O14/c71-38(34-36-19-21-37(112)22-20-36)52(116)101-35-50(114)102-40(11-2-26-93-63(76)77)53(117)104-42(13-4-28-95-65(80)81)55(119)106-43(14-5-29-96-66(82)83)56(120)107-44(15-6-30-97-67(84)85)57(121)108-45(16-7-31-98-68(86)87)58(122)109-47(18-9-33-100-70(90)91)60(124)111-48(23-24-49(72)113)61(125)110-46(17-8-32-99-69(88)89)59(123)105-41(12-3-27-94-64(78)79)54(118)103-39(51(73)115)10-1-25-92-62(74)75/h19-22,38-48,112H,1-18,23-35,71H2,(H2,72,113)(H2,73,115)(H,101,116)(H,102,114)(H,103,118)(H,104,117)(H,105,123)(H,106,119)(H,107,120)(H,108,121)(H,109,122)(H,110,125)(H,111,124)(H4,74,75,92)(H4,76,77,93)(H4,78,79,94)(H4,80,81,95)(H4,82,83,96)(H4,84,85,97)(H4,86,87,98)(H4,88,89,99)(H4,90,91,100)/t38-,39-,40-,41-,42-,43-,44-,45-,46-,47-,48-/m0/s1. The first kappa shape index (κ1) is 109. The fraction of sp³-hybridized carbons (Fsp3) is 0.600. The van der Waals surface area contributed by atoms with Gasteiger partial charge in [-0.05, 0) is 146 Å². The Bertz CT molecular complexity index is 3800. The smallest absolute Gasteiger partial charge is 0.243 e. The van der Waals surface area contributed by atoms with Crippen LogP contribution in [0.25, 0.3) is 0 Å². The summed E-state index contributed by atoms with van der Waals surface area (Å²) in [5.41, 5.74) is 67.6. The molecule has 0 aliphatic carbocycles. The quantitative estimate of drug-likeness (QED) is 0.0164. The van der Waals surface area contributed by atoms with Crippen molar-refractivity contribution in [2.24, 2.45) is 68.8 Å². The zero-order valence-electron chi connectivity index (χ0n) is 69.8. The number of hydrogen-bond donors (Lipinski definition) is 42. The summed E-state index contributed by atoms with van der Waals surface area (Å²) in [5.74, 6) is -17.0. The number of benzene rings is 1. The molecule has 0 saturated carbocycles. The highest BCUT2D eigenvalue weighted by atomic mass is 16.3. The van der Waals surface area contributed by atoms with E-state index in [4.69, 9.17) is 117 Å². The van der Waals surface area contributed by atoms with Crippen molar-refractivity contribution < 1.29 is 67.4 Å². The minimum atomic E-state index is -1.79. The van der Waals surface area contributed by atoms with Crippen LogP contribution < -0.4 is 175 Å². The molecule has 0 saturated heterocycles. The van der Waals surface area contributed by atoms with Gasteiger partial charge < -0.3 is 180 Å². The zero-order valence-corrected chi connectivity index (χ0v) is 69.8. The number of nitrogens with one attached hydrogen (secondary N) is 29. The first-order chi connectivity index (χ1) is 59.0. The summed E-state index contributed by atoms with van der Waals surface area (Å²) in [6, 6.07) is -11.2. The predicted molar refractivity (Wildman–Crippen MR) is 462 cm³/mol. The van der Waals surface area contributed by atoms with Gasteiger partial charge in [-0.3, -0.25) is 111 Å². The highest BCUT2D eigenvalue weighted by Crippen LogP contribution is 2.14. The van der Waals surface area contributed by atoms with E-state index in [1.165, 1.54) is 12.1 Å². The number of carbonyl (C=O) groups is 13. The second-order valence-corrected chi connectivity index (χ2v) is 28.6. The van der Waals surface area contributed by atoms with E-state index in [0.29, 0.717) is 5.56 Å². The summed E-state index contributed by atoms with van der Waals surface area (Å²) in [6.45, 7) is -0.958. The van der Waals surface area contributed by atoms with Crippen molar-refractivity contribution in [2.45, 2.75) is 201 Å². The molecule has 1 aromatic rings. The molecule has 1 aromatic carbocycles. The van der Waals surface area contributed by atoms with Crippen LogP contribution in [0.4, 0.5) is 0 Å². The lowest BCUT2D eigenvalue weighted by Crippen LogP contribution is -2.61. The maximum atomic E-state index is 15.0. The fourth-order valence-electron chi connectivity index (χ4n) is 11.7. The Kier molecular flexibility index (Phi) is 52.9. The minimum absolute atomic E-state index is 0.0101. The number of nitrogens with two attached hydrogens (primary N) is 12. The summed E-state index contributed by atoms with van der Waals surface area (Å²) in [4.78, 5) is 184. The van der Waals surface area contributed by atoms with E-state index < -0.39 is 210 Å². The molecule has 0 heterocycles. The van der Waals surface area contributed by atoms with Gasteiger partial charge in [0.1, 0.15) is 66.2 Å². The van der Waals surface area contributed by atoms with Gasteiger partial charge in [-0.15, -0.1) is 0 Å². The third-order valence-corrected chi connectivity index (χ3v) is 18.1. The maximum absolute atomic E-state index is 15.0. The van der Waals surface area contributed by atoms with Gasteiger partial charge in [0.25, 0.3) is 0 Å². The molecule has 0 bridgehead atoms. The molecule has 0 aliphatic rings. The van der Waals surface area contributed by atoms with Crippen LogP contribution in [0.3, 0.4) is 0 Å².